The van der Waals surface area contributed by atoms with Gasteiger partial charge in [-0.25, -0.2) is 0 Å². The summed E-state index contributed by atoms with van der Waals surface area (Å²) in [5.74, 6) is -0.146. The molecule has 1 aromatic rings. The van der Waals surface area contributed by atoms with Gasteiger partial charge in [0.15, 0.2) is 5.75 Å². The van der Waals surface area contributed by atoms with Gasteiger partial charge >= 0.3 is 0 Å². The molecule has 1 saturated heterocycles. The van der Waals surface area contributed by atoms with Crippen molar-refractivity contribution >= 4 is 0 Å². The minimum absolute atomic E-state index is 0.146. The summed E-state index contributed by atoms with van der Waals surface area (Å²) in [6, 6.07) is 2.17. The first-order valence-electron chi connectivity index (χ1n) is 8.82. The lowest BCUT2D eigenvalue weighted by Gasteiger charge is -2.35. The SMILES string of the molecule is CCCCCn1cc(O)c(=O)cc1CN(C)C1CCN(C)CC1. The Balaban J connectivity index is 2.07. The van der Waals surface area contributed by atoms with Crippen molar-refractivity contribution in [1.82, 2.24) is 14.4 Å². The maximum absolute atomic E-state index is 11.8. The molecular formula is C18H31N3O2. The number of rotatable bonds is 7. The number of aromatic hydroxyl groups is 1. The van der Waals surface area contributed by atoms with Crippen LogP contribution in [0.3, 0.4) is 0 Å². The molecule has 0 atom stereocenters. The maximum Gasteiger partial charge on any atom is 0.223 e. The molecule has 2 heterocycles. The molecule has 5 heteroatoms. The molecule has 23 heavy (non-hydrogen) atoms. The molecule has 0 aliphatic carbocycles. The molecule has 130 valence electrons. The van der Waals surface area contributed by atoms with Gasteiger partial charge in [-0.1, -0.05) is 19.8 Å². The van der Waals surface area contributed by atoms with Gasteiger partial charge in [-0.3, -0.25) is 9.69 Å². The third kappa shape index (κ3) is 5.08. The fourth-order valence-electron chi connectivity index (χ4n) is 3.30. The van der Waals surface area contributed by atoms with E-state index in [-0.39, 0.29) is 11.2 Å². The number of aromatic nitrogens is 1. The van der Waals surface area contributed by atoms with Crippen molar-refractivity contribution in [3.8, 4) is 5.75 Å². The number of pyridine rings is 1. The van der Waals surface area contributed by atoms with Gasteiger partial charge in [-0.05, 0) is 46.4 Å². The second kappa shape index (κ2) is 8.50. The van der Waals surface area contributed by atoms with Crippen LogP contribution in [0.4, 0.5) is 0 Å². The van der Waals surface area contributed by atoms with Crippen molar-refractivity contribution < 1.29 is 5.11 Å². The maximum atomic E-state index is 11.8. The molecule has 1 aromatic heterocycles. The molecule has 5 nitrogen and oxygen atoms in total. The summed E-state index contributed by atoms with van der Waals surface area (Å²) in [6.45, 7) is 6.06. The summed E-state index contributed by atoms with van der Waals surface area (Å²) in [4.78, 5) is 16.6. The number of hydrogen-bond donors (Lipinski definition) is 1. The van der Waals surface area contributed by atoms with Crippen molar-refractivity contribution in [2.75, 3.05) is 27.2 Å². The van der Waals surface area contributed by atoms with Crippen molar-refractivity contribution in [3.63, 3.8) is 0 Å². The summed E-state index contributed by atoms with van der Waals surface area (Å²) >= 11 is 0. The number of nitrogens with zero attached hydrogens (tertiary/aromatic N) is 3. The van der Waals surface area contributed by atoms with Crippen molar-refractivity contribution in [2.45, 2.75) is 58.2 Å². The summed E-state index contributed by atoms with van der Waals surface area (Å²) < 4.78 is 2.05. The molecule has 1 aliphatic heterocycles. The van der Waals surface area contributed by atoms with Crippen molar-refractivity contribution in [1.29, 1.82) is 0 Å². The lowest BCUT2D eigenvalue weighted by Crippen LogP contribution is -2.42. The first-order valence-corrected chi connectivity index (χ1v) is 8.82. The Kier molecular flexibility index (Phi) is 6.66. The zero-order valence-corrected chi connectivity index (χ0v) is 14.8. The first-order chi connectivity index (χ1) is 11.0. The quantitative estimate of drug-likeness (QED) is 0.783. The van der Waals surface area contributed by atoms with Gasteiger partial charge in [0.05, 0.1) is 6.20 Å². The monoisotopic (exact) mass is 321 g/mol. The van der Waals surface area contributed by atoms with Gasteiger partial charge in [-0.15, -0.1) is 0 Å². The van der Waals surface area contributed by atoms with Gasteiger partial charge in [0.2, 0.25) is 5.43 Å². The Morgan fingerprint density at radius 1 is 1.30 bits per heavy atom. The van der Waals surface area contributed by atoms with E-state index < -0.39 is 0 Å². The van der Waals surface area contributed by atoms with Crippen molar-refractivity contribution in [2.24, 2.45) is 0 Å². The number of unbranched alkanes of at least 4 members (excludes halogenated alkanes) is 2. The minimum atomic E-state index is -0.275. The van der Waals surface area contributed by atoms with Crippen LogP contribution in [0.15, 0.2) is 17.1 Å². The van der Waals surface area contributed by atoms with Gasteiger partial charge in [0, 0.05) is 30.9 Å². The van der Waals surface area contributed by atoms with Gasteiger partial charge in [0.25, 0.3) is 0 Å². The van der Waals surface area contributed by atoms with Gasteiger partial charge in [-0.2, -0.15) is 0 Å². The van der Waals surface area contributed by atoms with Gasteiger partial charge in [0.1, 0.15) is 0 Å². The van der Waals surface area contributed by atoms with Crippen LogP contribution in [0.5, 0.6) is 5.75 Å². The van der Waals surface area contributed by atoms with Crippen LogP contribution < -0.4 is 5.43 Å². The highest BCUT2D eigenvalue weighted by molar-refractivity contribution is 5.20. The van der Waals surface area contributed by atoms with E-state index in [4.69, 9.17) is 0 Å². The second-order valence-corrected chi connectivity index (χ2v) is 6.86. The lowest BCUT2D eigenvalue weighted by atomic mass is 10.0. The molecule has 0 aromatic carbocycles. The third-order valence-corrected chi connectivity index (χ3v) is 4.92. The highest BCUT2D eigenvalue weighted by atomic mass is 16.3. The average Bonchev–Trinajstić information content (AvgIpc) is 2.52. The van der Waals surface area contributed by atoms with E-state index in [0.29, 0.717) is 6.04 Å². The summed E-state index contributed by atoms with van der Waals surface area (Å²) in [7, 11) is 4.31. The van der Waals surface area contributed by atoms with Crippen LogP contribution in [-0.2, 0) is 13.1 Å². The predicted molar refractivity (Wildman–Crippen MR) is 93.9 cm³/mol. The molecule has 1 N–H and O–H groups in total. The summed E-state index contributed by atoms with van der Waals surface area (Å²) in [6.07, 6.45) is 7.35. The normalized spacial score (nSPS) is 17.0. The van der Waals surface area contributed by atoms with E-state index in [1.54, 1.807) is 12.3 Å². The van der Waals surface area contributed by atoms with Crippen LogP contribution in [0.25, 0.3) is 0 Å². The Labute approximate surface area is 139 Å². The first kappa shape index (κ1) is 18.0. The molecule has 1 fully saturated rings. The predicted octanol–water partition coefficient (Wildman–Crippen LogP) is 2.27. The molecule has 0 saturated carbocycles. The number of aryl methyl sites for hydroxylation is 1. The molecule has 0 spiro atoms. The number of piperidine rings is 1. The van der Waals surface area contributed by atoms with E-state index in [9.17, 15) is 9.90 Å². The Morgan fingerprint density at radius 2 is 2.00 bits per heavy atom. The van der Waals surface area contributed by atoms with Crippen LogP contribution in [-0.4, -0.2) is 52.7 Å². The molecular weight excluding hydrogens is 290 g/mol. The van der Waals surface area contributed by atoms with E-state index in [1.807, 2.05) is 0 Å². The van der Waals surface area contributed by atoms with E-state index in [1.165, 1.54) is 12.8 Å². The fraction of sp³-hybridized carbons (Fsp3) is 0.722. The standard InChI is InChI=1S/C18H31N3O2/c1-4-5-6-9-21-14-18(23)17(22)12-16(21)13-20(3)15-7-10-19(2)11-8-15/h12,14-15,23H,4-11,13H2,1-3H3. The average molecular weight is 321 g/mol. The zero-order valence-electron chi connectivity index (χ0n) is 14.8. The summed E-state index contributed by atoms with van der Waals surface area (Å²) in [5, 5.41) is 9.74. The molecule has 0 amide bonds. The highest BCUT2D eigenvalue weighted by Gasteiger charge is 2.21. The molecule has 2 rings (SSSR count). The largest absolute Gasteiger partial charge is 0.503 e. The van der Waals surface area contributed by atoms with Crippen LogP contribution in [0, 0.1) is 0 Å². The zero-order chi connectivity index (χ0) is 16.8. The third-order valence-electron chi connectivity index (χ3n) is 4.92. The van der Waals surface area contributed by atoms with Crippen LogP contribution in [0.1, 0.15) is 44.7 Å². The van der Waals surface area contributed by atoms with Crippen LogP contribution in [0.2, 0.25) is 0 Å². The van der Waals surface area contributed by atoms with E-state index >= 15 is 0 Å². The molecule has 0 bridgehead atoms. The lowest BCUT2D eigenvalue weighted by molar-refractivity contribution is 0.136. The fourth-order valence-corrected chi connectivity index (χ4v) is 3.30. The molecule has 0 unspecified atom stereocenters. The topological polar surface area (TPSA) is 48.7 Å². The summed E-state index contributed by atoms with van der Waals surface area (Å²) in [5.41, 5.74) is 0.730. The van der Waals surface area contributed by atoms with E-state index in [0.717, 1.165) is 51.1 Å². The molecule has 1 aliphatic rings. The number of hydrogen-bond acceptors (Lipinski definition) is 4. The second-order valence-electron chi connectivity index (χ2n) is 6.86. The highest BCUT2D eigenvalue weighted by Crippen LogP contribution is 2.17. The van der Waals surface area contributed by atoms with E-state index in [2.05, 4.69) is 35.4 Å². The molecule has 0 radical (unpaired) electrons. The minimum Gasteiger partial charge on any atom is -0.503 e. The van der Waals surface area contributed by atoms with Crippen LogP contribution >= 0.6 is 0 Å². The Bertz CT molecular complexity index is 548. The smallest absolute Gasteiger partial charge is 0.223 e. The Morgan fingerprint density at radius 3 is 2.65 bits per heavy atom. The number of likely N-dealkylation sites (tertiary alicyclic amines) is 1. The van der Waals surface area contributed by atoms with Crippen molar-refractivity contribution in [3.05, 3.63) is 28.2 Å². The van der Waals surface area contributed by atoms with Gasteiger partial charge < -0.3 is 14.6 Å². The Hall–Kier alpha value is -1.33.